The first-order chi connectivity index (χ1) is 10.3. The van der Waals surface area contributed by atoms with Gasteiger partial charge in [-0.1, -0.05) is 12.1 Å². The van der Waals surface area contributed by atoms with Crippen molar-refractivity contribution in [1.29, 1.82) is 0 Å². The van der Waals surface area contributed by atoms with E-state index in [1.807, 2.05) is 6.07 Å². The van der Waals surface area contributed by atoms with Crippen molar-refractivity contribution in [3.63, 3.8) is 0 Å². The Bertz CT molecular complexity index is 769. The number of para-hydroxylation sites is 1. The van der Waals surface area contributed by atoms with Crippen LogP contribution in [0.15, 0.2) is 24.4 Å². The largest absolute Gasteiger partial charge is 0.461 e. The summed E-state index contributed by atoms with van der Waals surface area (Å²) in [6.07, 6.45) is 1.61. The molecule has 2 aromatic rings. The topological polar surface area (TPSA) is 95.6 Å². The summed E-state index contributed by atoms with van der Waals surface area (Å²) in [5.41, 5.74) is 0.967. The van der Waals surface area contributed by atoms with Crippen LogP contribution in [-0.4, -0.2) is 67.5 Å². The third-order valence-corrected chi connectivity index (χ3v) is 5.08. The number of aromatic nitrogens is 2. The van der Waals surface area contributed by atoms with Crippen LogP contribution in [0.5, 0.6) is 0 Å². The van der Waals surface area contributed by atoms with Crippen LogP contribution in [0.2, 0.25) is 0 Å². The number of ether oxygens (including phenoxy) is 1. The molecule has 9 heteroatoms. The fourth-order valence-corrected chi connectivity index (χ4v) is 2.74. The van der Waals surface area contributed by atoms with Crippen molar-refractivity contribution in [2.45, 2.75) is 0 Å². The van der Waals surface area contributed by atoms with Crippen LogP contribution in [0.1, 0.15) is 10.4 Å². The lowest BCUT2D eigenvalue weighted by Gasteiger charge is -2.21. The second-order valence-electron chi connectivity index (χ2n) is 4.89. The summed E-state index contributed by atoms with van der Waals surface area (Å²) in [7, 11) is 0.806. The summed E-state index contributed by atoms with van der Waals surface area (Å²) in [5.74, 6) is -0.523. The first-order valence-corrected chi connectivity index (χ1v) is 7.96. The van der Waals surface area contributed by atoms with Crippen LogP contribution >= 0.6 is 0 Å². The minimum Gasteiger partial charge on any atom is -0.461 e. The van der Waals surface area contributed by atoms with Crippen molar-refractivity contribution in [3.05, 3.63) is 30.0 Å². The van der Waals surface area contributed by atoms with Crippen LogP contribution in [0.25, 0.3) is 10.9 Å². The monoisotopic (exact) mass is 326 g/mol. The zero-order chi connectivity index (χ0) is 16.3. The van der Waals surface area contributed by atoms with Gasteiger partial charge in [-0.3, -0.25) is 5.10 Å². The van der Waals surface area contributed by atoms with E-state index < -0.39 is 16.2 Å². The second-order valence-corrected chi connectivity index (χ2v) is 7.14. The number of hydrogen-bond acceptors (Lipinski definition) is 5. The van der Waals surface area contributed by atoms with Crippen molar-refractivity contribution in [3.8, 4) is 0 Å². The molecule has 1 heterocycles. The van der Waals surface area contributed by atoms with Crippen molar-refractivity contribution < 1.29 is 17.9 Å². The van der Waals surface area contributed by atoms with Gasteiger partial charge >= 0.3 is 5.97 Å². The van der Waals surface area contributed by atoms with Crippen LogP contribution < -0.4 is 0 Å². The number of carbonyl (C=O) groups is 1. The number of aromatic amines is 1. The molecule has 0 fully saturated rings. The van der Waals surface area contributed by atoms with Crippen LogP contribution in [-0.2, 0) is 14.9 Å². The molecule has 0 saturated heterocycles. The van der Waals surface area contributed by atoms with Gasteiger partial charge in [-0.15, -0.1) is 0 Å². The highest BCUT2D eigenvalue weighted by Gasteiger charge is 2.20. The lowest BCUT2D eigenvalue weighted by Crippen LogP contribution is -2.39. The molecule has 0 aliphatic heterocycles. The maximum Gasteiger partial charge on any atom is 0.340 e. The highest BCUT2D eigenvalue weighted by atomic mass is 32.2. The van der Waals surface area contributed by atoms with Crippen LogP contribution in [0, 0.1) is 0 Å². The van der Waals surface area contributed by atoms with Gasteiger partial charge in [0.2, 0.25) is 0 Å². The van der Waals surface area contributed by atoms with Crippen molar-refractivity contribution >= 4 is 27.1 Å². The van der Waals surface area contributed by atoms with Gasteiger partial charge in [0.15, 0.2) is 0 Å². The predicted octanol–water partition coefficient (Wildman–Crippen LogP) is 0.458. The van der Waals surface area contributed by atoms with Crippen molar-refractivity contribution in [2.75, 3.05) is 34.3 Å². The zero-order valence-electron chi connectivity index (χ0n) is 12.6. The summed E-state index contributed by atoms with van der Waals surface area (Å²) < 4.78 is 31.0. The van der Waals surface area contributed by atoms with Gasteiger partial charge in [-0.25, -0.2) is 4.79 Å². The summed E-state index contributed by atoms with van der Waals surface area (Å²) in [5, 5.41) is 7.43. The lowest BCUT2D eigenvalue weighted by molar-refractivity contribution is 0.0495. The van der Waals surface area contributed by atoms with E-state index in [-0.39, 0.29) is 13.2 Å². The average molecular weight is 326 g/mol. The Balaban J connectivity index is 1.98. The third kappa shape index (κ3) is 3.26. The highest BCUT2D eigenvalue weighted by Crippen LogP contribution is 2.16. The Kier molecular flexibility index (Phi) is 4.79. The maximum atomic E-state index is 12.1. The SMILES string of the molecule is CN(C)S(=O)(=O)N(C)CCOC(=O)c1cccc2cn[nH]c12. The van der Waals surface area contributed by atoms with Crippen molar-refractivity contribution in [1.82, 2.24) is 18.8 Å². The molecule has 1 N–H and O–H groups in total. The number of rotatable bonds is 6. The summed E-state index contributed by atoms with van der Waals surface area (Å²) in [4.78, 5) is 12.1. The number of nitrogens with one attached hydrogen (secondary N) is 1. The normalized spacial score (nSPS) is 12.2. The Morgan fingerprint density at radius 1 is 1.32 bits per heavy atom. The molecule has 2 rings (SSSR count). The molecule has 8 nitrogen and oxygen atoms in total. The van der Waals surface area contributed by atoms with E-state index in [9.17, 15) is 13.2 Å². The molecule has 0 spiro atoms. The van der Waals surface area contributed by atoms with E-state index >= 15 is 0 Å². The number of H-pyrrole nitrogens is 1. The quantitative estimate of drug-likeness (QED) is 0.778. The van der Waals surface area contributed by atoms with Crippen LogP contribution in [0.4, 0.5) is 0 Å². The fraction of sp³-hybridized carbons (Fsp3) is 0.385. The number of hydrogen-bond donors (Lipinski definition) is 1. The van der Waals surface area contributed by atoms with Gasteiger partial charge < -0.3 is 4.74 Å². The zero-order valence-corrected chi connectivity index (χ0v) is 13.4. The first-order valence-electron chi connectivity index (χ1n) is 6.57. The molecule has 22 heavy (non-hydrogen) atoms. The Labute approximate surface area is 128 Å². The van der Waals surface area contributed by atoms with Gasteiger partial charge in [0.25, 0.3) is 10.2 Å². The smallest absolute Gasteiger partial charge is 0.340 e. The first kappa shape index (κ1) is 16.4. The average Bonchev–Trinajstić information content (AvgIpc) is 2.94. The number of likely N-dealkylation sites (N-methyl/N-ethyl adjacent to an activating group) is 1. The molecule has 0 amide bonds. The van der Waals surface area contributed by atoms with E-state index in [0.717, 1.165) is 14.0 Å². The summed E-state index contributed by atoms with van der Waals surface area (Å²) >= 11 is 0. The molecular formula is C13H18N4O4S. The van der Waals surface area contributed by atoms with E-state index in [1.165, 1.54) is 21.1 Å². The second kappa shape index (κ2) is 6.42. The van der Waals surface area contributed by atoms with E-state index in [0.29, 0.717) is 11.1 Å². The number of carbonyl (C=O) groups excluding carboxylic acids is 1. The molecule has 0 aliphatic carbocycles. The number of esters is 1. The Hall–Kier alpha value is -1.97. The molecule has 0 bridgehead atoms. The minimum absolute atomic E-state index is 0.0348. The standard InChI is InChI=1S/C13H18N4O4S/c1-16(2)22(19,20)17(3)7-8-21-13(18)11-6-4-5-10-9-14-15-12(10)11/h4-6,9H,7-8H2,1-3H3,(H,14,15). The highest BCUT2D eigenvalue weighted by molar-refractivity contribution is 7.86. The molecule has 0 atom stereocenters. The number of benzene rings is 1. The minimum atomic E-state index is -3.51. The van der Waals surface area contributed by atoms with Crippen LogP contribution in [0.3, 0.4) is 0 Å². The third-order valence-electron chi connectivity index (χ3n) is 3.19. The molecule has 0 saturated carbocycles. The predicted molar refractivity (Wildman–Crippen MR) is 81.6 cm³/mol. The van der Waals surface area contributed by atoms with Gasteiger partial charge in [-0.2, -0.15) is 22.1 Å². The molecule has 1 aromatic carbocycles. The lowest BCUT2D eigenvalue weighted by atomic mass is 10.1. The molecule has 1 aromatic heterocycles. The van der Waals surface area contributed by atoms with E-state index in [2.05, 4.69) is 10.2 Å². The van der Waals surface area contributed by atoms with Gasteiger partial charge in [-0.05, 0) is 6.07 Å². The summed E-state index contributed by atoms with van der Waals surface area (Å²) in [6.45, 7) is 0.0398. The number of fused-ring (bicyclic) bond motifs is 1. The van der Waals surface area contributed by atoms with Crippen molar-refractivity contribution in [2.24, 2.45) is 0 Å². The number of nitrogens with zero attached hydrogens (tertiary/aromatic N) is 3. The molecular weight excluding hydrogens is 308 g/mol. The molecule has 0 radical (unpaired) electrons. The van der Waals surface area contributed by atoms with E-state index in [1.54, 1.807) is 18.3 Å². The van der Waals surface area contributed by atoms with Gasteiger partial charge in [0.05, 0.1) is 17.3 Å². The fourth-order valence-electron chi connectivity index (χ4n) is 1.88. The Morgan fingerprint density at radius 2 is 2.05 bits per heavy atom. The molecule has 120 valence electrons. The summed E-state index contributed by atoms with van der Waals surface area (Å²) in [6, 6.07) is 5.19. The van der Waals surface area contributed by atoms with E-state index in [4.69, 9.17) is 4.74 Å². The maximum absolute atomic E-state index is 12.1. The van der Waals surface area contributed by atoms with Gasteiger partial charge in [0.1, 0.15) is 6.61 Å². The molecule has 0 unspecified atom stereocenters. The molecule has 0 aliphatic rings. The van der Waals surface area contributed by atoms with Gasteiger partial charge in [0, 0.05) is 33.1 Å². The Morgan fingerprint density at radius 3 is 2.73 bits per heavy atom.